The van der Waals surface area contributed by atoms with Crippen molar-refractivity contribution < 1.29 is 19.1 Å². The normalized spacial score (nSPS) is 9.53. The van der Waals surface area contributed by atoms with Crippen molar-refractivity contribution in [3.05, 3.63) is 29.8 Å². The fourth-order valence-corrected chi connectivity index (χ4v) is 1.26. The number of nitrogens with one attached hydrogen (secondary N) is 2. The molecular weight excluding hydrogens is 250 g/mol. The molecule has 4 N–H and O–H groups in total. The zero-order valence-electron chi connectivity index (χ0n) is 10.4. The van der Waals surface area contributed by atoms with Crippen LogP contribution in [-0.2, 0) is 9.53 Å². The van der Waals surface area contributed by atoms with Crippen LogP contribution in [0.5, 0.6) is 0 Å². The van der Waals surface area contributed by atoms with Gasteiger partial charge in [-0.05, 0) is 31.2 Å². The van der Waals surface area contributed by atoms with Crippen LogP contribution in [0.2, 0.25) is 0 Å². The first-order valence-corrected chi connectivity index (χ1v) is 5.63. The van der Waals surface area contributed by atoms with E-state index in [4.69, 9.17) is 5.73 Å². The van der Waals surface area contributed by atoms with Gasteiger partial charge < -0.3 is 21.1 Å². The minimum atomic E-state index is -0.543. The van der Waals surface area contributed by atoms with E-state index >= 15 is 0 Å². The maximum atomic E-state index is 11.4. The largest absolute Gasteiger partial charge is 0.465 e. The number of benzene rings is 1. The van der Waals surface area contributed by atoms with E-state index in [1.807, 2.05) is 0 Å². The zero-order chi connectivity index (χ0) is 14.3. The van der Waals surface area contributed by atoms with E-state index in [2.05, 4.69) is 15.4 Å². The van der Waals surface area contributed by atoms with Crippen LogP contribution in [0.1, 0.15) is 17.3 Å². The van der Waals surface area contributed by atoms with Crippen LogP contribution < -0.4 is 16.4 Å². The van der Waals surface area contributed by atoms with Crippen LogP contribution in [0.3, 0.4) is 0 Å². The van der Waals surface area contributed by atoms with Crippen molar-refractivity contribution in [1.29, 1.82) is 0 Å². The maximum Gasteiger partial charge on any atom is 0.325 e. The second-order valence-corrected chi connectivity index (χ2v) is 3.55. The number of carbonyl (C=O) groups excluding carboxylic acids is 3. The number of hydrogen-bond acceptors (Lipinski definition) is 4. The van der Waals surface area contributed by atoms with Crippen molar-refractivity contribution >= 4 is 23.6 Å². The average Bonchev–Trinajstić information content (AvgIpc) is 2.37. The Bertz CT molecular complexity index is 470. The van der Waals surface area contributed by atoms with E-state index in [9.17, 15) is 14.4 Å². The lowest BCUT2D eigenvalue weighted by Gasteiger charge is -2.07. The van der Waals surface area contributed by atoms with Gasteiger partial charge >= 0.3 is 12.0 Å². The van der Waals surface area contributed by atoms with E-state index in [0.29, 0.717) is 11.3 Å². The number of carbonyl (C=O) groups is 3. The molecule has 0 unspecified atom stereocenters. The van der Waals surface area contributed by atoms with Gasteiger partial charge in [0.15, 0.2) is 0 Å². The van der Waals surface area contributed by atoms with Crippen LogP contribution >= 0.6 is 0 Å². The summed E-state index contributed by atoms with van der Waals surface area (Å²) in [7, 11) is 0. The lowest BCUT2D eigenvalue weighted by atomic mass is 10.2. The molecule has 0 saturated heterocycles. The summed E-state index contributed by atoms with van der Waals surface area (Å²) in [4.78, 5) is 33.3. The van der Waals surface area contributed by atoms with Gasteiger partial charge in [-0.1, -0.05) is 0 Å². The van der Waals surface area contributed by atoms with Crippen molar-refractivity contribution in [2.75, 3.05) is 18.5 Å². The number of amides is 3. The first-order chi connectivity index (χ1) is 9.02. The number of rotatable bonds is 5. The number of urea groups is 1. The van der Waals surface area contributed by atoms with Gasteiger partial charge in [0.2, 0.25) is 5.91 Å². The molecule has 0 spiro atoms. The summed E-state index contributed by atoms with van der Waals surface area (Å²) >= 11 is 0. The molecule has 102 valence electrons. The molecule has 1 rings (SSSR count). The molecule has 0 fully saturated rings. The molecule has 7 nitrogen and oxygen atoms in total. The van der Waals surface area contributed by atoms with Crippen molar-refractivity contribution in [1.82, 2.24) is 5.32 Å². The number of ether oxygens (including phenoxy) is 1. The van der Waals surface area contributed by atoms with Gasteiger partial charge in [-0.25, -0.2) is 4.79 Å². The van der Waals surface area contributed by atoms with Gasteiger partial charge in [-0.15, -0.1) is 0 Å². The lowest BCUT2D eigenvalue weighted by molar-refractivity contribution is -0.141. The third-order valence-electron chi connectivity index (χ3n) is 2.13. The van der Waals surface area contributed by atoms with Gasteiger partial charge in [-0.2, -0.15) is 0 Å². The maximum absolute atomic E-state index is 11.4. The highest BCUT2D eigenvalue weighted by Gasteiger charge is 2.06. The highest BCUT2D eigenvalue weighted by Crippen LogP contribution is 2.08. The number of esters is 1. The Kier molecular flexibility index (Phi) is 5.34. The second-order valence-electron chi connectivity index (χ2n) is 3.55. The van der Waals surface area contributed by atoms with Gasteiger partial charge in [0.05, 0.1) is 6.61 Å². The molecule has 0 aliphatic carbocycles. The highest BCUT2D eigenvalue weighted by molar-refractivity contribution is 5.94. The number of anilines is 1. The fourth-order valence-electron chi connectivity index (χ4n) is 1.26. The van der Waals surface area contributed by atoms with Gasteiger partial charge in [-0.3, -0.25) is 9.59 Å². The van der Waals surface area contributed by atoms with Crippen LogP contribution in [0.15, 0.2) is 24.3 Å². The summed E-state index contributed by atoms with van der Waals surface area (Å²) in [5, 5.41) is 4.83. The van der Waals surface area contributed by atoms with Crippen molar-refractivity contribution in [3.8, 4) is 0 Å². The molecule has 0 radical (unpaired) electrons. The predicted molar refractivity (Wildman–Crippen MR) is 68.6 cm³/mol. The molecule has 0 aromatic heterocycles. The predicted octanol–water partition coefficient (Wildman–Crippen LogP) is 0.470. The van der Waals surface area contributed by atoms with Crippen molar-refractivity contribution in [2.24, 2.45) is 5.73 Å². The van der Waals surface area contributed by atoms with Crippen molar-refractivity contribution in [2.45, 2.75) is 6.92 Å². The Morgan fingerprint density at radius 3 is 2.37 bits per heavy atom. The van der Waals surface area contributed by atoms with Gasteiger partial charge in [0, 0.05) is 11.3 Å². The minimum absolute atomic E-state index is 0.209. The monoisotopic (exact) mass is 265 g/mol. The van der Waals surface area contributed by atoms with Crippen LogP contribution in [0.25, 0.3) is 0 Å². The fraction of sp³-hybridized carbons (Fsp3) is 0.250. The molecular formula is C12H15N3O4. The molecule has 19 heavy (non-hydrogen) atoms. The lowest BCUT2D eigenvalue weighted by Crippen LogP contribution is -2.34. The molecule has 0 saturated carbocycles. The summed E-state index contributed by atoms with van der Waals surface area (Å²) in [6.07, 6.45) is 0. The van der Waals surface area contributed by atoms with E-state index in [-0.39, 0.29) is 13.2 Å². The van der Waals surface area contributed by atoms with Crippen molar-refractivity contribution in [3.63, 3.8) is 0 Å². The summed E-state index contributed by atoms with van der Waals surface area (Å²) in [6.45, 7) is 1.73. The second kappa shape index (κ2) is 7.00. The van der Waals surface area contributed by atoms with Crippen LogP contribution in [0, 0.1) is 0 Å². The summed E-state index contributed by atoms with van der Waals surface area (Å²) in [5.74, 6) is -1.06. The minimum Gasteiger partial charge on any atom is -0.465 e. The Labute approximate surface area is 110 Å². The Morgan fingerprint density at radius 1 is 1.21 bits per heavy atom. The quantitative estimate of drug-likeness (QED) is 0.672. The van der Waals surface area contributed by atoms with Gasteiger partial charge in [0.1, 0.15) is 6.54 Å². The first kappa shape index (κ1) is 14.5. The van der Waals surface area contributed by atoms with Crippen LogP contribution in [0.4, 0.5) is 10.5 Å². The molecule has 0 bridgehead atoms. The number of hydrogen-bond donors (Lipinski definition) is 3. The third kappa shape index (κ3) is 5.07. The third-order valence-corrected chi connectivity index (χ3v) is 2.13. The number of primary amides is 1. The Hall–Kier alpha value is -2.57. The summed E-state index contributed by atoms with van der Waals surface area (Å²) in [5.41, 5.74) is 5.91. The van der Waals surface area contributed by atoms with E-state index in [1.54, 1.807) is 6.92 Å². The molecule has 0 atom stereocenters. The first-order valence-electron chi connectivity index (χ1n) is 5.63. The van der Waals surface area contributed by atoms with E-state index in [0.717, 1.165) is 0 Å². The molecule has 7 heteroatoms. The summed E-state index contributed by atoms with van der Waals surface area (Å²) in [6, 6.07) is 5.50. The molecule has 1 aromatic carbocycles. The van der Waals surface area contributed by atoms with E-state index in [1.165, 1.54) is 24.3 Å². The SMILES string of the molecule is CCOC(=O)CNC(=O)Nc1ccc(C(N)=O)cc1. The van der Waals surface area contributed by atoms with Crippen LogP contribution in [-0.4, -0.2) is 31.1 Å². The zero-order valence-corrected chi connectivity index (χ0v) is 10.4. The van der Waals surface area contributed by atoms with Gasteiger partial charge in [0.25, 0.3) is 0 Å². The molecule has 0 aliphatic rings. The molecule has 0 heterocycles. The molecule has 3 amide bonds. The number of nitrogens with two attached hydrogens (primary N) is 1. The standard InChI is InChI=1S/C12H15N3O4/c1-2-19-10(16)7-14-12(18)15-9-5-3-8(4-6-9)11(13)17/h3-6H,2,7H2,1H3,(H2,13,17)(H2,14,15,18). The molecule has 1 aromatic rings. The smallest absolute Gasteiger partial charge is 0.325 e. The topological polar surface area (TPSA) is 111 Å². The average molecular weight is 265 g/mol. The summed E-state index contributed by atoms with van der Waals surface area (Å²) < 4.78 is 4.65. The Morgan fingerprint density at radius 2 is 1.84 bits per heavy atom. The van der Waals surface area contributed by atoms with E-state index < -0.39 is 17.9 Å². The highest BCUT2D eigenvalue weighted by atomic mass is 16.5. The Balaban J connectivity index is 2.44. The molecule has 0 aliphatic heterocycles.